The normalized spacial score (nSPS) is 8.79. The molecule has 0 heterocycles. The molecule has 0 bridgehead atoms. The van der Waals surface area contributed by atoms with E-state index >= 15 is 0 Å². The first kappa shape index (κ1) is 16.9. The minimum absolute atomic E-state index is 0. The Hall–Kier alpha value is 0.531. The molecular weight excluding hydrogens is 271 g/mol. The second-order valence-electron chi connectivity index (χ2n) is 3.34. The van der Waals surface area contributed by atoms with Crippen LogP contribution in [0.2, 0.25) is 13.1 Å². The van der Waals surface area contributed by atoms with Crippen molar-refractivity contribution in [2.75, 3.05) is 0 Å². The van der Waals surface area contributed by atoms with Gasteiger partial charge in [-0.15, -0.1) is 24.8 Å². The molecule has 1 aromatic carbocycles. The summed E-state index contributed by atoms with van der Waals surface area (Å²) in [5.41, 5.74) is 1.30. The molecule has 1 aromatic rings. The molecule has 0 aliphatic carbocycles. The Labute approximate surface area is 112 Å². The van der Waals surface area contributed by atoms with Crippen LogP contribution in [0.5, 0.6) is 5.75 Å². The van der Waals surface area contributed by atoms with Gasteiger partial charge in [0.1, 0.15) is 0 Å². The Kier molecular flexibility index (Phi) is 9.41. The second-order valence-corrected chi connectivity index (χ2v) is 6.63. The van der Waals surface area contributed by atoms with Gasteiger partial charge >= 0.3 is 87.7 Å². The molecule has 0 radical (unpaired) electrons. The summed E-state index contributed by atoms with van der Waals surface area (Å²) in [7, 11) is -0.679. The maximum absolute atomic E-state index is 5.21. The molecule has 0 fully saturated rings. The Balaban J connectivity index is 0. The number of aryl methyl sites for hydroxylation is 1. The Morgan fingerprint density at radius 1 is 1.14 bits per heavy atom. The van der Waals surface area contributed by atoms with Gasteiger partial charge in [0.05, 0.1) is 0 Å². The molecular formula is C9H15Cl2OSiTi. The van der Waals surface area contributed by atoms with Gasteiger partial charge in [-0.3, -0.25) is 0 Å². The van der Waals surface area contributed by atoms with Crippen molar-refractivity contribution in [2.24, 2.45) is 0 Å². The van der Waals surface area contributed by atoms with Crippen molar-refractivity contribution >= 4 is 38.8 Å². The van der Waals surface area contributed by atoms with Crippen LogP contribution in [0.1, 0.15) is 5.56 Å². The van der Waals surface area contributed by atoms with Gasteiger partial charge in [-0.05, 0) is 0 Å². The zero-order valence-corrected chi connectivity index (χ0v) is 12.9. The van der Waals surface area contributed by atoms with Crippen LogP contribution in [0.15, 0.2) is 18.2 Å². The summed E-state index contributed by atoms with van der Waals surface area (Å²) in [6.07, 6.45) is 0. The topological polar surface area (TPSA) is 9.23 Å². The maximum Gasteiger partial charge on any atom is -0.147 e. The third kappa shape index (κ3) is 4.85. The minimum Gasteiger partial charge on any atom is -0.147 e. The third-order valence-corrected chi connectivity index (χ3v) is 3.89. The molecule has 0 aromatic heterocycles. The zero-order chi connectivity index (χ0) is 9.14. The van der Waals surface area contributed by atoms with Gasteiger partial charge in [0.25, 0.3) is 0 Å². The molecule has 0 N–H and O–H groups in total. The van der Waals surface area contributed by atoms with E-state index in [4.69, 9.17) is 3.32 Å². The summed E-state index contributed by atoms with van der Waals surface area (Å²) in [5, 5.41) is 1.48. The van der Waals surface area contributed by atoms with Crippen molar-refractivity contribution in [2.45, 2.75) is 20.0 Å². The van der Waals surface area contributed by atoms with Crippen molar-refractivity contribution in [3.8, 4) is 5.75 Å². The van der Waals surface area contributed by atoms with Crippen LogP contribution in [0.3, 0.4) is 0 Å². The Morgan fingerprint density at radius 2 is 1.71 bits per heavy atom. The van der Waals surface area contributed by atoms with E-state index in [-0.39, 0.29) is 24.8 Å². The molecule has 0 aliphatic rings. The zero-order valence-electron chi connectivity index (χ0n) is 8.53. The van der Waals surface area contributed by atoms with Crippen LogP contribution >= 0.6 is 24.8 Å². The van der Waals surface area contributed by atoms with E-state index in [9.17, 15) is 0 Å². The van der Waals surface area contributed by atoms with Gasteiger partial charge in [0.2, 0.25) is 0 Å². The third-order valence-electron chi connectivity index (χ3n) is 1.86. The predicted octanol–water partition coefficient (Wildman–Crippen LogP) is 2.37. The van der Waals surface area contributed by atoms with Gasteiger partial charge in [-0.2, -0.15) is 0 Å². The molecule has 5 heteroatoms. The minimum atomic E-state index is -0.679. The summed E-state index contributed by atoms with van der Waals surface area (Å²) in [4.78, 5) is 0. The van der Waals surface area contributed by atoms with E-state index in [0.717, 1.165) is 5.75 Å². The quantitative estimate of drug-likeness (QED) is 0.758. The van der Waals surface area contributed by atoms with E-state index in [0.29, 0.717) is 0 Å². The van der Waals surface area contributed by atoms with Gasteiger partial charge in [0, 0.05) is 0 Å². The van der Waals surface area contributed by atoms with Crippen molar-refractivity contribution in [3.63, 3.8) is 0 Å². The largest absolute Gasteiger partial charge is 0.147 e. The Morgan fingerprint density at radius 3 is 2.14 bits per heavy atom. The molecule has 0 saturated carbocycles. The fourth-order valence-electron chi connectivity index (χ4n) is 1.17. The number of hydrogen-bond donors (Lipinski definition) is 0. The van der Waals surface area contributed by atoms with E-state index in [1.165, 1.54) is 10.8 Å². The second kappa shape index (κ2) is 7.78. The maximum atomic E-state index is 5.21. The van der Waals surface area contributed by atoms with Gasteiger partial charge in [0.15, 0.2) is 0 Å². The first-order valence-electron chi connectivity index (χ1n) is 4.08. The number of halogens is 2. The van der Waals surface area contributed by atoms with Crippen LogP contribution < -0.4 is 8.51 Å². The first-order chi connectivity index (χ1) is 5.63. The van der Waals surface area contributed by atoms with E-state index in [1.807, 2.05) is 0 Å². The van der Waals surface area contributed by atoms with Crippen LogP contribution in [-0.2, 0) is 20.8 Å². The molecule has 0 unspecified atom stereocenters. The monoisotopic (exact) mass is 285 g/mol. The molecule has 0 atom stereocenters. The SMILES string of the molecule is Cc1cc([O][Ti])cc([SiH](C)C)c1.Cl.Cl. The van der Waals surface area contributed by atoms with Crippen molar-refractivity contribution in [1.29, 1.82) is 0 Å². The van der Waals surface area contributed by atoms with Crippen molar-refractivity contribution in [3.05, 3.63) is 23.8 Å². The number of rotatable bonds is 2. The average molecular weight is 286 g/mol. The number of hydrogen-bond acceptors (Lipinski definition) is 1. The summed E-state index contributed by atoms with van der Waals surface area (Å²) in [6, 6.07) is 6.49. The van der Waals surface area contributed by atoms with Gasteiger partial charge in [-0.25, -0.2) is 0 Å². The summed E-state index contributed by atoms with van der Waals surface area (Å²) in [5.74, 6) is 0.992. The van der Waals surface area contributed by atoms with Crippen LogP contribution in [0, 0.1) is 6.92 Å². The predicted molar refractivity (Wildman–Crippen MR) is 64.8 cm³/mol. The molecule has 0 amide bonds. The van der Waals surface area contributed by atoms with Crippen LogP contribution in [0.25, 0.3) is 0 Å². The smallest absolute Gasteiger partial charge is 0.147 e. The standard InChI is InChI=1S/C9H14OSi.2ClH.Ti/c1-7-4-8(10)6-9(5-7)11(2)3;;;/h4-6,10-11H,1-3H3;2*1H;/q;;;+1/p-1. The molecule has 1 rings (SSSR count). The van der Waals surface area contributed by atoms with Crippen molar-refractivity contribution < 1.29 is 24.1 Å². The molecule has 14 heavy (non-hydrogen) atoms. The van der Waals surface area contributed by atoms with E-state index in [1.54, 1.807) is 20.8 Å². The summed E-state index contributed by atoms with van der Waals surface area (Å²) < 4.78 is 5.21. The van der Waals surface area contributed by atoms with Crippen LogP contribution in [0.4, 0.5) is 0 Å². The molecule has 0 saturated heterocycles. The molecule has 1 nitrogen and oxygen atoms in total. The average Bonchev–Trinajstić information content (AvgIpc) is 2.03. The molecule has 79 valence electrons. The van der Waals surface area contributed by atoms with Crippen molar-refractivity contribution in [1.82, 2.24) is 0 Å². The summed E-state index contributed by atoms with van der Waals surface area (Å²) >= 11 is 1.72. The Bertz CT molecular complexity index is 282. The fourth-order valence-corrected chi connectivity index (χ4v) is 2.45. The van der Waals surface area contributed by atoms with E-state index < -0.39 is 8.80 Å². The fraction of sp³-hybridized carbons (Fsp3) is 0.333. The molecule has 0 spiro atoms. The van der Waals surface area contributed by atoms with E-state index in [2.05, 4.69) is 38.2 Å². The number of benzene rings is 1. The molecule has 0 aliphatic heterocycles. The summed E-state index contributed by atoms with van der Waals surface area (Å²) in [6.45, 7) is 6.77. The van der Waals surface area contributed by atoms with Crippen LogP contribution in [-0.4, -0.2) is 8.80 Å². The van der Waals surface area contributed by atoms with Gasteiger partial charge < -0.3 is 0 Å². The first-order valence-corrected chi connectivity index (χ1v) is 7.61. The van der Waals surface area contributed by atoms with Gasteiger partial charge in [-0.1, -0.05) is 0 Å².